The van der Waals surface area contributed by atoms with Crippen LogP contribution in [0.25, 0.3) is 0 Å². The predicted octanol–water partition coefficient (Wildman–Crippen LogP) is 2.29. The third-order valence-electron chi connectivity index (χ3n) is 12.1. The van der Waals surface area contributed by atoms with Gasteiger partial charge in [0.2, 0.25) is 0 Å². The zero-order chi connectivity index (χ0) is 27.7. The molecule has 39 heavy (non-hydrogen) atoms. The molecule has 13 atom stereocenters. The number of methoxy groups -OCH3 is 1. The molecule has 1 saturated heterocycles. The molecule has 2 heterocycles. The van der Waals surface area contributed by atoms with Gasteiger partial charge in [0, 0.05) is 24.0 Å². The van der Waals surface area contributed by atoms with Crippen LogP contribution in [0.3, 0.4) is 0 Å². The van der Waals surface area contributed by atoms with E-state index in [1.54, 1.807) is 13.0 Å². The van der Waals surface area contributed by atoms with E-state index in [4.69, 9.17) is 18.9 Å². The molecule has 0 aromatic rings. The molecule has 0 aromatic heterocycles. The molecule has 9 nitrogen and oxygen atoms in total. The number of hydrogen-bond donors (Lipinski definition) is 3. The van der Waals surface area contributed by atoms with Gasteiger partial charge in [-0.3, -0.25) is 0 Å². The predicted molar refractivity (Wildman–Crippen MR) is 138 cm³/mol. The third kappa shape index (κ3) is 4.02. The molecule has 6 aliphatic rings. The number of aliphatic hydroxyl groups is 3. The number of cyclic esters (lactones) is 1. The summed E-state index contributed by atoms with van der Waals surface area (Å²) in [4.78, 5) is 24.8. The highest BCUT2D eigenvalue weighted by Gasteiger charge is 2.68. The summed E-state index contributed by atoms with van der Waals surface area (Å²) in [7, 11) is 1.46. The van der Waals surface area contributed by atoms with Crippen molar-refractivity contribution >= 4 is 12.3 Å². The van der Waals surface area contributed by atoms with Crippen LogP contribution in [-0.4, -0.2) is 83.7 Å². The van der Waals surface area contributed by atoms with Crippen LogP contribution in [0.1, 0.15) is 71.6 Å². The van der Waals surface area contributed by atoms with Gasteiger partial charge in [0.1, 0.15) is 31.2 Å². The standard InChI is InChI=1S/C30H44O9/c1-16-24(33)26(36-3)25(34)27(38-16)39-19-6-10-29(15-31)18(13-19)4-5-22-21(29)7-9-28(2)20(8-11-30(22,28)35)17-12-23(32)37-14-17/h12,15-16,18-22,24-27,33-35H,4-11,13-14H2,1-3H3/t16-,18-,19+,20-,21+,22-,24-,25-,26+,27-,28-,29-,30+/m1/s1. The summed E-state index contributed by atoms with van der Waals surface area (Å²) in [5, 5.41) is 33.4. The first-order valence-electron chi connectivity index (χ1n) is 14.8. The molecule has 2 aliphatic heterocycles. The van der Waals surface area contributed by atoms with E-state index >= 15 is 0 Å². The third-order valence-corrected chi connectivity index (χ3v) is 12.1. The average molecular weight is 549 g/mol. The van der Waals surface area contributed by atoms with Crippen molar-refractivity contribution in [2.24, 2.45) is 34.5 Å². The van der Waals surface area contributed by atoms with E-state index in [1.807, 2.05) is 0 Å². The number of carbonyl (C=O) groups excluding carboxylic acids is 2. The molecular weight excluding hydrogens is 504 g/mol. The van der Waals surface area contributed by atoms with Crippen LogP contribution < -0.4 is 0 Å². The Labute approximate surface area is 230 Å². The van der Waals surface area contributed by atoms with Crippen molar-refractivity contribution in [3.05, 3.63) is 11.6 Å². The minimum atomic E-state index is -1.11. The molecule has 0 aromatic carbocycles. The highest BCUT2D eigenvalue weighted by Crippen LogP contribution is 2.69. The summed E-state index contributed by atoms with van der Waals surface area (Å²) < 4.78 is 22.6. The van der Waals surface area contributed by atoms with Gasteiger partial charge in [-0.05, 0) is 94.0 Å². The van der Waals surface area contributed by atoms with Gasteiger partial charge in [0.15, 0.2) is 6.29 Å². The van der Waals surface area contributed by atoms with Gasteiger partial charge in [-0.1, -0.05) is 6.92 Å². The summed E-state index contributed by atoms with van der Waals surface area (Å²) in [5.41, 5.74) is -0.682. The first-order chi connectivity index (χ1) is 18.6. The summed E-state index contributed by atoms with van der Waals surface area (Å²) in [6, 6.07) is 0. The number of aldehydes is 1. The Bertz CT molecular complexity index is 1010. The minimum absolute atomic E-state index is 0.0482. The van der Waals surface area contributed by atoms with E-state index in [-0.39, 0.29) is 41.2 Å². The fourth-order valence-electron chi connectivity index (χ4n) is 10.00. The second kappa shape index (κ2) is 9.88. The minimum Gasteiger partial charge on any atom is -0.458 e. The molecular formula is C30H44O9. The molecule has 218 valence electrons. The molecule has 0 bridgehead atoms. The van der Waals surface area contributed by atoms with Crippen molar-refractivity contribution < 1.29 is 43.9 Å². The lowest BCUT2D eigenvalue weighted by atomic mass is 9.43. The van der Waals surface area contributed by atoms with Crippen molar-refractivity contribution in [3.63, 3.8) is 0 Å². The van der Waals surface area contributed by atoms with E-state index in [1.165, 1.54) is 13.4 Å². The van der Waals surface area contributed by atoms with Gasteiger partial charge in [0.05, 0.1) is 17.8 Å². The van der Waals surface area contributed by atoms with Crippen molar-refractivity contribution in [1.29, 1.82) is 0 Å². The lowest BCUT2D eigenvalue weighted by Gasteiger charge is -2.63. The molecule has 0 radical (unpaired) electrons. The molecule has 0 spiro atoms. The number of rotatable bonds is 5. The van der Waals surface area contributed by atoms with E-state index in [0.717, 1.165) is 37.7 Å². The van der Waals surface area contributed by atoms with Gasteiger partial charge >= 0.3 is 5.97 Å². The molecule has 0 unspecified atom stereocenters. The van der Waals surface area contributed by atoms with Crippen LogP contribution in [-0.2, 0) is 28.5 Å². The Kier molecular flexibility index (Phi) is 7.04. The second-order valence-electron chi connectivity index (χ2n) is 13.4. The largest absolute Gasteiger partial charge is 0.458 e. The van der Waals surface area contributed by atoms with E-state index in [9.17, 15) is 24.9 Å². The number of esters is 1. The first-order valence-corrected chi connectivity index (χ1v) is 14.8. The number of hydrogen-bond acceptors (Lipinski definition) is 9. The molecule has 5 fully saturated rings. The van der Waals surface area contributed by atoms with Crippen LogP contribution in [0, 0.1) is 34.5 Å². The molecule has 4 aliphatic carbocycles. The number of carbonyl (C=O) groups is 2. The van der Waals surface area contributed by atoms with Crippen LogP contribution in [0.15, 0.2) is 11.6 Å². The summed E-state index contributed by atoms with van der Waals surface area (Å²) >= 11 is 0. The zero-order valence-electron chi connectivity index (χ0n) is 23.3. The highest BCUT2D eigenvalue weighted by atomic mass is 16.7. The molecule has 9 heteroatoms. The van der Waals surface area contributed by atoms with E-state index in [0.29, 0.717) is 32.3 Å². The van der Waals surface area contributed by atoms with Crippen LogP contribution in [0.4, 0.5) is 0 Å². The second-order valence-corrected chi connectivity index (χ2v) is 13.4. The normalized spacial score (nSPS) is 53.3. The summed E-state index contributed by atoms with van der Waals surface area (Å²) in [6.07, 6.45) is 5.39. The Morgan fingerprint density at radius 3 is 2.54 bits per heavy atom. The van der Waals surface area contributed by atoms with Crippen molar-refractivity contribution in [2.75, 3.05) is 13.7 Å². The maximum Gasteiger partial charge on any atom is 0.331 e. The van der Waals surface area contributed by atoms with Gasteiger partial charge in [-0.15, -0.1) is 0 Å². The van der Waals surface area contributed by atoms with E-state index in [2.05, 4.69) is 6.92 Å². The molecule has 6 rings (SSSR count). The monoisotopic (exact) mass is 548 g/mol. The van der Waals surface area contributed by atoms with Crippen LogP contribution in [0.5, 0.6) is 0 Å². The van der Waals surface area contributed by atoms with Crippen molar-refractivity contribution in [2.45, 2.75) is 114 Å². The fourth-order valence-corrected chi connectivity index (χ4v) is 10.00. The number of aliphatic hydroxyl groups excluding tert-OH is 2. The van der Waals surface area contributed by atoms with Gasteiger partial charge < -0.3 is 39.1 Å². The van der Waals surface area contributed by atoms with Gasteiger partial charge in [0.25, 0.3) is 0 Å². The van der Waals surface area contributed by atoms with Crippen molar-refractivity contribution in [1.82, 2.24) is 0 Å². The van der Waals surface area contributed by atoms with Crippen molar-refractivity contribution in [3.8, 4) is 0 Å². The topological polar surface area (TPSA) is 132 Å². The Balaban J connectivity index is 1.18. The molecule has 4 saturated carbocycles. The smallest absolute Gasteiger partial charge is 0.331 e. The molecule has 0 amide bonds. The maximum atomic E-state index is 13.0. The molecule has 3 N–H and O–H groups in total. The number of ether oxygens (including phenoxy) is 4. The van der Waals surface area contributed by atoms with E-state index < -0.39 is 41.7 Å². The Morgan fingerprint density at radius 1 is 1.05 bits per heavy atom. The lowest BCUT2D eigenvalue weighted by Crippen LogP contribution is -2.63. The highest BCUT2D eigenvalue weighted by molar-refractivity contribution is 5.85. The average Bonchev–Trinajstić information content (AvgIpc) is 3.47. The maximum absolute atomic E-state index is 13.0. The number of fused-ring (bicyclic) bond motifs is 5. The van der Waals surface area contributed by atoms with Crippen LogP contribution in [0.2, 0.25) is 0 Å². The fraction of sp³-hybridized carbons (Fsp3) is 0.867. The lowest BCUT2D eigenvalue weighted by molar-refractivity contribution is -0.312. The Hall–Kier alpha value is -1.36. The SMILES string of the molecule is CO[C@@H]1[C@@H](O)[C@@H](O[C@H]2CC[C@@]3(C=O)[C@H](CC[C@@H]4[C@@H]3CC[C@]3(C)[C@@H](C5=CC(=O)OC5)CC[C@]43O)C2)O[C@H](C)[C@H]1O. The summed E-state index contributed by atoms with van der Waals surface area (Å²) in [6.45, 7) is 4.25. The van der Waals surface area contributed by atoms with Gasteiger partial charge in [-0.25, -0.2) is 4.79 Å². The zero-order valence-corrected chi connectivity index (χ0v) is 23.3. The van der Waals surface area contributed by atoms with Crippen LogP contribution >= 0.6 is 0 Å². The first kappa shape index (κ1) is 27.8. The quantitative estimate of drug-likeness (QED) is 0.269. The Morgan fingerprint density at radius 2 is 1.85 bits per heavy atom. The van der Waals surface area contributed by atoms with Gasteiger partial charge in [-0.2, -0.15) is 0 Å². The summed E-state index contributed by atoms with van der Waals surface area (Å²) in [5.74, 6) is 0.152.